The second kappa shape index (κ2) is 6.90. The summed E-state index contributed by atoms with van der Waals surface area (Å²) in [6.07, 6.45) is -0.0813. The van der Waals surface area contributed by atoms with Crippen LogP contribution in [-0.4, -0.2) is 36.7 Å². The van der Waals surface area contributed by atoms with E-state index in [1.165, 1.54) is 7.11 Å². The van der Waals surface area contributed by atoms with Gasteiger partial charge in [0.15, 0.2) is 0 Å². The molecule has 110 valence electrons. The fourth-order valence-corrected chi connectivity index (χ4v) is 1.48. The average molecular weight is 291 g/mol. The van der Waals surface area contributed by atoms with Gasteiger partial charge in [-0.05, 0) is 0 Å². The number of methoxy groups -OCH3 is 1. The minimum atomic E-state index is -1.41. The summed E-state index contributed by atoms with van der Waals surface area (Å²) in [5, 5.41) is 10.8. The molecule has 1 atom stereocenters. The SMILES string of the molecule is COCCC(NC(=O)c1c(F)cc(F)cc1F)C(=O)O. The molecular weight excluding hydrogens is 279 g/mol. The lowest BCUT2D eigenvalue weighted by molar-refractivity contribution is -0.139. The Morgan fingerprint density at radius 1 is 1.30 bits per heavy atom. The molecule has 0 saturated carbocycles. The smallest absolute Gasteiger partial charge is 0.326 e. The predicted octanol–water partition coefficient (Wildman–Crippen LogP) is 1.32. The highest BCUT2D eigenvalue weighted by Crippen LogP contribution is 2.15. The third-order valence-electron chi connectivity index (χ3n) is 2.45. The third kappa shape index (κ3) is 3.95. The average Bonchev–Trinajstić information content (AvgIpc) is 2.32. The van der Waals surface area contributed by atoms with Gasteiger partial charge in [-0.1, -0.05) is 0 Å². The van der Waals surface area contributed by atoms with Crippen LogP contribution in [0.25, 0.3) is 0 Å². The van der Waals surface area contributed by atoms with Crippen LogP contribution in [0.5, 0.6) is 0 Å². The molecule has 1 amide bonds. The van der Waals surface area contributed by atoms with Crippen LogP contribution in [0.1, 0.15) is 16.8 Å². The third-order valence-corrected chi connectivity index (χ3v) is 2.45. The number of carboxylic acids is 1. The van der Waals surface area contributed by atoms with E-state index >= 15 is 0 Å². The molecule has 1 aromatic carbocycles. The van der Waals surface area contributed by atoms with Gasteiger partial charge in [-0.2, -0.15) is 0 Å². The number of amides is 1. The molecule has 0 saturated heterocycles. The Balaban J connectivity index is 2.92. The number of hydrogen-bond donors (Lipinski definition) is 2. The fourth-order valence-electron chi connectivity index (χ4n) is 1.48. The summed E-state index contributed by atoms with van der Waals surface area (Å²) < 4.78 is 44.1. The normalized spacial score (nSPS) is 12.0. The summed E-state index contributed by atoms with van der Waals surface area (Å²) in [6, 6.07) is -0.697. The van der Waals surface area contributed by atoms with Gasteiger partial charge < -0.3 is 15.2 Å². The Kier molecular flexibility index (Phi) is 5.51. The molecule has 1 aromatic rings. The first kappa shape index (κ1) is 16.0. The van der Waals surface area contributed by atoms with E-state index in [0.29, 0.717) is 12.1 Å². The lowest BCUT2D eigenvalue weighted by atomic mass is 10.1. The lowest BCUT2D eigenvalue weighted by Crippen LogP contribution is -2.42. The topological polar surface area (TPSA) is 75.6 Å². The Morgan fingerprint density at radius 3 is 2.30 bits per heavy atom. The van der Waals surface area contributed by atoms with Crippen LogP contribution < -0.4 is 5.32 Å². The number of rotatable bonds is 6. The molecule has 5 nitrogen and oxygen atoms in total. The minimum Gasteiger partial charge on any atom is -0.480 e. The van der Waals surface area contributed by atoms with Gasteiger partial charge in [-0.25, -0.2) is 18.0 Å². The van der Waals surface area contributed by atoms with Crippen LogP contribution in [-0.2, 0) is 9.53 Å². The van der Waals surface area contributed by atoms with Crippen LogP contribution in [0.2, 0.25) is 0 Å². The number of halogens is 3. The van der Waals surface area contributed by atoms with Gasteiger partial charge in [-0.3, -0.25) is 4.79 Å². The highest BCUT2D eigenvalue weighted by atomic mass is 19.1. The van der Waals surface area contributed by atoms with Crippen molar-refractivity contribution in [3.05, 3.63) is 35.1 Å². The number of ether oxygens (including phenoxy) is 1. The summed E-state index contributed by atoms with van der Waals surface area (Å²) in [4.78, 5) is 22.5. The molecule has 0 fully saturated rings. The number of aliphatic carboxylic acids is 1. The van der Waals surface area contributed by atoms with Gasteiger partial charge in [-0.15, -0.1) is 0 Å². The minimum absolute atomic E-state index is 0.0334. The molecule has 0 bridgehead atoms. The largest absolute Gasteiger partial charge is 0.480 e. The molecule has 1 unspecified atom stereocenters. The molecule has 0 aliphatic carbocycles. The molecule has 20 heavy (non-hydrogen) atoms. The Labute approximate surface area is 112 Å². The zero-order valence-corrected chi connectivity index (χ0v) is 10.5. The monoisotopic (exact) mass is 291 g/mol. The van der Waals surface area contributed by atoms with Gasteiger partial charge in [0.2, 0.25) is 0 Å². The van der Waals surface area contributed by atoms with Crippen molar-refractivity contribution < 1.29 is 32.6 Å². The zero-order chi connectivity index (χ0) is 15.3. The number of carbonyl (C=O) groups excluding carboxylic acids is 1. The predicted molar refractivity (Wildman–Crippen MR) is 61.7 cm³/mol. The molecule has 0 aliphatic heterocycles. The Morgan fingerprint density at radius 2 is 1.85 bits per heavy atom. The van der Waals surface area contributed by atoms with Crippen LogP contribution in [0.4, 0.5) is 13.2 Å². The number of carbonyl (C=O) groups is 2. The second-order valence-corrected chi connectivity index (χ2v) is 3.89. The zero-order valence-electron chi connectivity index (χ0n) is 10.5. The van der Waals surface area contributed by atoms with E-state index in [4.69, 9.17) is 5.11 Å². The first-order valence-electron chi connectivity index (χ1n) is 5.54. The van der Waals surface area contributed by atoms with Crippen molar-refractivity contribution in [3.63, 3.8) is 0 Å². The van der Waals surface area contributed by atoms with Crippen molar-refractivity contribution >= 4 is 11.9 Å². The molecule has 0 radical (unpaired) electrons. The van der Waals surface area contributed by atoms with Crippen molar-refractivity contribution in [2.75, 3.05) is 13.7 Å². The maximum absolute atomic E-state index is 13.4. The van der Waals surface area contributed by atoms with Crippen molar-refractivity contribution in [2.45, 2.75) is 12.5 Å². The molecule has 2 N–H and O–H groups in total. The summed E-state index contributed by atoms with van der Waals surface area (Å²) in [6.45, 7) is 0.0334. The standard InChI is InChI=1S/C12H12F3NO4/c1-20-3-2-9(12(18)19)16-11(17)10-7(14)4-6(13)5-8(10)15/h4-5,9H,2-3H2,1H3,(H,16,17)(H,18,19). The van der Waals surface area contributed by atoms with Gasteiger partial charge in [0.25, 0.3) is 5.91 Å². The fraction of sp³-hybridized carbons (Fsp3) is 0.333. The highest BCUT2D eigenvalue weighted by Gasteiger charge is 2.25. The van der Waals surface area contributed by atoms with E-state index in [2.05, 4.69) is 4.74 Å². The van der Waals surface area contributed by atoms with Crippen LogP contribution >= 0.6 is 0 Å². The second-order valence-electron chi connectivity index (χ2n) is 3.89. The van der Waals surface area contributed by atoms with Crippen molar-refractivity contribution in [1.82, 2.24) is 5.32 Å². The first-order chi connectivity index (χ1) is 9.36. The molecule has 0 heterocycles. The van der Waals surface area contributed by atoms with E-state index in [1.54, 1.807) is 0 Å². The summed E-state index contributed by atoms with van der Waals surface area (Å²) in [7, 11) is 1.33. The quantitative estimate of drug-likeness (QED) is 0.829. The molecule has 0 aliphatic rings. The van der Waals surface area contributed by atoms with Gasteiger partial charge in [0, 0.05) is 32.3 Å². The van der Waals surface area contributed by atoms with E-state index in [-0.39, 0.29) is 13.0 Å². The maximum Gasteiger partial charge on any atom is 0.326 e. The molecular formula is C12H12F3NO4. The molecule has 0 spiro atoms. The van der Waals surface area contributed by atoms with E-state index < -0.39 is 40.9 Å². The van der Waals surface area contributed by atoms with Gasteiger partial charge in [0.05, 0.1) is 0 Å². The molecule has 0 aromatic heterocycles. The number of carboxylic acid groups (broad SMARTS) is 1. The highest BCUT2D eigenvalue weighted by molar-refractivity contribution is 5.97. The molecule has 1 rings (SSSR count). The lowest BCUT2D eigenvalue weighted by Gasteiger charge is -2.14. The summed E-state index contributed by atoms with van der Waals surface area (Å²) >= 11 is 0. The van der Waals surface area contributed by atoms with Gasteiger partial charge >= 0.3 is 5.97 Å². The Bertz CT molecular complexity index is 498. The summed E-state index contributed by atoms with van der Waals surface area (Å²) in [5.74, 6) is -6.64. The number of nitrogens with one attached hydrogen (secondary N) is 1. The number of hydrogen-bond acceptors (Lipinski definition) is 3. The van der Waals surface area contributed by atoms with E-state index in [9.17, 15) is 22.8 Å². The van der Waals surface area contributed by atoms with E-state index in [1.807, 2.05) is 5.32 Å². The first-order valence-corrected chi connectivity index (χ1v) is 5.54. The summed E-state index contributed by atoms with van der Waals surface area (Å²) in [5.41, 5.74) is -1.03. The molecule has 8 heteroatoms. The van der Waals surface area contributed by atoms with Gasteiger partial charge in [0.1, 0.15) is 29.1 Å². The van der Waals surface area contributed by atoms with E-state index in [0.717, 1.165) is 0 Å². The van der Waals surface area contributed by atoms with Crippen LogP contribution in [0, 0.1) is 17.5 Å². The van der Waals surface area contributed by atoms with Crippen molar-refractivity contribution in [3.8, 4) is 0 Å². The van der Waals surface area contributed by atoms with Crippen LogP contribution in [0.3, 0.4) is 0 Å². The van der Waals surface area contributed by atoms with Crippen molar-refractivity contribution in [2.24, 2.45) is 0 Å². The van der Waals surface area contributed by atoms with Crippen LogP contribution in [0.15, 0.2) is 12.1 Å². The maximum atomic E-state index is 13.4. The van der Waals surface area contributed by atoms with Crippen molar-refractivity contribution in [1.29, 1.82) is 0 Å². The Hall–Kier alpha value is -2.09. The number of benzene rings is 1.